The molecular formula is C10H19N3O4. The number of carbonyl (C=O) groups excluding carboxylic acids is 2. The van der Waals surface area contributed by atoms with Crippen LogP contribution in [0.2, 0.25) is 0 Å². The molecule has 0 aromatic rings. The number of hydrogen-bond donors (Lipinski definition) is 3. The zero-order valence-corrected chi connectivity index (χ0v) is 9.94. The molecule has 1 rings (SSSR count). The lowest BCUT2D eigenvalue weighted by Crippen LogP contribution is -2.49. The second-order valence-electron chi connectivity index (χ2n) is 4.42. The summed E-state index contributed by atoms with van der Waals surface area (Å²) in [7, 11) is 1.70. The van der Waals surface area contributed by atoms with Gasteiger partial charge >= 0.3 is 6.03 Å². The van der Waals surface area contributed by atoms with Gasteiger partial charge in [0.25, 0.3) is 0 Å². The van der Waals surface area contributed by atoms with Crippen LogP contribution in [-0.2, 0) is 9.53 Å². The minimum Gasteiger partial charge on any atom is -0.388 e. The van der Waals surface area contributed by atoms with Crippen molar-refractivity contribution in [2.24, 2.45) is 5.73 Å². The predicted molar refractivity (Wildman–Crippen MR) is 60.2 cm³/mol. The van der Waals surface area contributed by atoms with Gasteiger partial charge in [0.15, 0.2) is 0 Å². The Morgan fingerprint density at radius 1 is 1.47 bits per heavy atom. The van der Waals surface area contributed by atoms with Gasteiger partial charge in [-0.2, -0.15) is 0 Å². The Kier molecular flexibility index (Phi) is 4.86. The fraction of sp³-hybridized carbons (Fsp3) is 0.800. The average Bonchev–Trinajstić information content (AvgIpc) is 2.15. The molecule has 0 aliphatic carbocycles. The molecule has 4 N–H and O–H groups in total. The number of likely N-dealkylation sites (N-methyl/N-ethyl adjacent to an activating group) is 1. The van der Waals surface area contributed by atoms with E-state index in [-0.39, 0.29) is 6.54 Å². The Bertz CT molecular complexity index is 289. The average molecular weight is 245 g/mol. The normalized spacial score (nSPS) is 19.0. The fourth-order valence-corrected chi connectivity index (χ4v) is 1.89. The first kappa shape index (κ1) is 13.9. The van der Waals surface area contributed by atoms with Gasteiger partial charge in [-0.15, -0.1) is 0 Å². The number of ether oxygens (including phenoxy) is 1. The summed E-state index contributed by atoms with van der Waals surface area (Å²) in [5.74, 6) is -0.476. The minimum atomic E-state index is -0.867. The highest BCUT2D eigenvalue weighted by Crippen LogP contribution is 2.20. The summed E-state index contributed by atoms with van der Waals surface area (Å²) in [6, 6.07) is -0.867. The highest BCUT2D eigenvalue weighted by molar-refractivity contribution is 5.94. The third kappa shape index (κ3) is 5.12. The van der Waals surface area contributed by atoms with Crippen molar-refractivity contribution in [2.45, 2.75) is 18.4 Å². The molecule has 0 unspecified atom stereocenters. The summed E-state index contributed by atoms with van der Waals surface area (Å²) in [6.45, 7) is 1.43. The fourth-order valence-electron chi connectivity index (χ4n) is 1.89. The zero-order valence-electron chi connectivity index (χ0n) is 9.94. The van der Waals surface area contributed by atoms with Crippen molar-refractivity contribution < 1.29 is 19.4 Å². The monoisotopic (exact) mass is 245 g/mol. The molecule has 0 spiro atoms. The maximum Gasteiger partial charge on any atom is 0.318 e. The lowest BCUT2D eigenvalue weighted by molar-refractivity contribution is -0.122. The highest BCUT2D eigenvalue weighted by atomic mass is 16.5. The van der Waals surface area contributed by atoms with Crippen molar-refractivity contribution in [3.8, 4) is 0 Å². The molecule has 1 heterocycles. The number of rotatable bonds is 4. The number of imide groups is 1. The van der Waals surface area contributed by atoms with Gasteiger partial charge in [0, 0.05) is 32.6 Å². The van der Waals surface area contributed by atoms with Crippen LogP contribution in [0.3, 0.4) is 0 Å². The van der Waals surface area contributed by atoms with Crippen LogP contribution in [0.5, 0.6) is 0 Å². The minimum absolute atomic E-state index is 0.0199. The molecule has 0 aromatic carbocycles. The maximum atomic E-state index is 11.2. The van der Waals surface area contributed by atoms with Crippen LogP contribution in [0.25, 0.3) is 0 Å². The zero-order chi connectivity index (χ0) is 12.9. The maximum absolute atomic E-state index is 11.2. The molecule has 0 aromatic heterocycles. The van der Waals surface area contributed by atoms with Gasteiger partial charge in [0.05, 0.1) is 12.1 Å². The lowest BCUT2D eigenvalue weighted by atomic mass is 9.94. The number of nitrogens with one attached hydrogen (secondary N) is 1. The summed E-state index contributed by atoms with van der Waals surface area (Å²) in [4.78, 5) is 23.4. The first-order chi connectivity index (χ1) is 7.91. The van der Waals surface area contributed by atoms with Crippen LogP contribution < -0.4 is 11.1 Å². The first-order valence-electron chi connectivity index (χ1n) is 5.49. The molecule has 1 aliphatic rings. The molecule has 0 atom stereocenters. The molecule has 3 amide bonds. The van der Waals surface area contributed by atoms with E-state index in [2.05, 4.69) is 0 Å². The number of nitrogens with zero attached hydrogens (tertiary/aromatic N) is 1. The summed E-state index contributed by atoms with van der Waals surface area (Å²) >= 11 is 0. The standard InChI is InChI=1S/C10H19N3O4/c1-13(6-8(14)12-9(11)15)7-10(16)2-4-17-5-3-10/h16H,2-7H2,1H3,(H3,11,12,14,15). The highest BCUT2D eigenvalue weighted by Gasteiger charge is 2.31. The molecule has 17 heavy (non-hydrogen) atoms. The molecule has 0 radical (unpaired) electrons. The Morgan fingerprint density at radius 2 is 2.06 bits per heavy atom. The van der Waals surface area contributed by atoms with E-state index in [0.717, 1.165) is 0 Å². The quantitative estimate of drug-likeness (QED) is 0.568. The summed E-state index contributed by atoms with van der Waals surface area (Å²) in [5.41, 5.74) is 4.00. The number of primary amides is 1. The molecule has 1 saturated heterocycles. The number of aliphatic hydroxyl groups is 1. The smallest absolute Gasteiger partial charge is 0.318 e. The molecule has 0 bridgehead atoms. The van der Waals surface area contributed by atoms with E-state index in [1.807, 2.05) is 5.32 Å². The molecular weight excluding hydrogens is 226 g/mol. The first-order valence-corrected chi connectivity index (χ1v) is 5.49. The Balaban J connectivity index is 2.35. The van der Waals surface area contributed by atoms with Crippen molar-refractivity contribution in [3.05, 3.63) is 0 Å². The summed E-state index contributed by atoms with van der Waals surface area (Å²) < 4.78 is 5.16. The Labute approximate surface area is 99.9 Å². The van der Waals surface area contributed by atoms with Crippen LogP contribution in [0.15, 0.2) is 0 Å². The second-order valence-corrected chi connectivity index (χ2v) is 4.42. The van der Waals surface area contributed by atoms with E-state index in [4.69, 9.17) is 10.5 Å². The van der Waals surface area contributed by atoms with Crippen molar-refractivity contribution in [3.63, 3.8) is 0 Å². The molecule has 7 nitrogen and oxygen atoms in total. The molecule has 7 heteroatoms. The molecule has 98 valence electrons. The van der Waals surface area contributed by atoms with Gasteiger partial charge in [-0.05, 0) is 7.05 Å². The van der Waals surface area contributed by atoms with E-state index < -0.39 is 17.5 Å². The van der Waals surface area contributed by atoms with Gasteiger partial charge in [0.2, 0.25) is 5.91 Å². The van der Waals surface area contributed by atoms with Gasteiger partial charge < -0.3 is 15.6 Å². The van der Waals surface area contributed by atoms with Crippen molar-refractivity contribution in [1.29, 1.82) is 0 Å². The number of urea groups is 1. The number of amides is 3. The van der Waals surface area contributed by atoms with Gasteiger partial charge in [-0.25, -0.2) is 4.79 Å². The molecule has 1 aliphatic heterocycles. The summed E-state index contributed by atoms with van der Waals surface area (Å²) in [5, 5.41) is 12.2. The van der Waals surface area contributed by atoms with Crippen LogP contribution in [0.4, 0.5) is 4.79 Å². The Hall–Kier alpha value is -1.18. The van der Waals surface area contributed by atoms with Crippen molar-refractivity contribution in [1.82, 2.24) is 10.2 Å². The van der Waals surface area contributed by atoms with Gasteiger partial charge in [-0.1, -0.05) is 0 Å². The number of hydrogen-bond acceptors (Lipinski definition) is 5. The van der Waals surface area contributed by atoms with Crippen LogP contribution in [0.1, 0.15) is 12.8 Å². The SMILES string of the molecule is CN(CC(=O)NC(N)=O)CC1(O)CCOCC1. The number of carbonyl (C=O) groups is 2. The van der Waals surface area contributed by atoms with Crippen LogP contribution in [-0.4, -0.2) is 60.9 Å². The lowest BCUT2D eigenvalue weighted by Gasteiger charge is -2.35. The van der Waals surface area contributed by atoms with Crippen LogP contribution >= 0.6 is 0 Å². The van der Waals surface area contributed by atoms with Crippen molar-refractivity contribution >= 4 is 11.9 Å². The largest absolute Gasteiger partial charge is 0.388 e. The van der Waals surface area contributed by atoms with Gasteiger partial charge in [0.1, 0.15) is 0 Å². The molecule has 0 saturated carbocycles. The van der Waals surface area contributed by atoms with E-state index in [0.29, 0.717) is 32.6 Å². The van der Waals surface area contributed by atoms with Crippen LogP contribution in [0, 0.1) is 0 Å². The van der Waals surface area contributed by atoms with Gasteiger partial charge in [-0.3, -0.25) is 15.0 Å². The number of nitrogens with two attached hydrogens (primary N) is 1. The third-order valence-electron chi connectivity index (χ3n) is 2.66. The van der Waals surface area contributed by atoms with E-state index in [1.54, 1.807) is 11.9 Å². The topological polar surface area (TPSA) is 105 Å². The second kappa shape index (κ2) is 5.95. The van der Waals surface area contributed by atoms with E-state index >= 15 is 0 Å². The predicted octanol–water partition coefficient (Wildman–Crippen LogP) is -1.35. The Morgan fingerprint density at radius 3 is 2.59 bits per heavy atom. The van der Waals surface area contributed by atoms with E-state index in [1.165, 1.54) is 0 Å². The third-order valence-corrected chi connectivity index (χ3v) is 2.66. The van der Waals surface area contributed by atoms with E-state index in [9.17, 15) is 14.7 Å². The van der Waals surface area contributed by atoms with Crippen molar-refractivity contribution in [2.75, 3.05) is 33.4 Å². The summed E-state index contributed by atoms with van der Waals surface area (Å²) in [6.07, 6.45) is 1.10. The molecule has 1 fully saturated rings.